The number of benzene rings is 2. The van der Waals surface area contributed by atoms with Crippen LogP contribution >= 0.6 is 0 Å². The minimum atomic E-state index is -0.0561. The molecule has 0 aliphatic carbocycles. The molecule has 3 aromatic rings. The summed E-state index contributed by atoms with van der Waals surface area (Å²) in [5.41, 5.74) is 4.73. The van der Waals surface area contributed by atoms with Crippen LogP contribution in [0.4, 0.5) is 5.69 Å². The van der Waals surface area contributed by atoms with E-state index in [2.05, 4.69) is 71.2 Å². The van der Waals surface area contributed by atoms with Gasteiger partial charge in [0.05, 0.1) is 13.7 Å². The second-order valence-electron chi connectivity index (χ2n) is 6.31. The largest absolute Gasteiger partial charge is 0.497 e. The summed E-state index contributed by atoms with van der Waals surface area (Å²) in [4.78, 5) is 2.29. The van der Waals surface area contributed by atoms with Crippen LogP contribution in [0.1, 0.15) is 17.4 Å². The maximum Gasteiger partial charge on any atom is 0.158 e. The summed E-state index contributed by atoms with van der Waals surface area (Å²) >= 11 is 0. The molecule has 25 heavy (non-hydrogen) atoms. The van der Waals surface area contributed by atoms with Crippen molar-refractivity contribution in [3.05, 3.63) is 78.1 Å². The maximum absolute atomic E-state index is 6.02. The Balaban J connectivity index is 1.60. The fraction of sp³-hybridized carbons (Fsp3) is 0.238. The Kier molecular flexibility index (Phi) is 4.20. The van der Waals surface area contributed by atoms with Gasteiger partial charge in [-0.1, -0.05) is 12.1 Å². The van der Waals surface area contributed by atoms with Gasteiger partial charge in [0.1, 0.15) is 5.75 Å². The van der Waals surface area contributed by atoms with Crippen molar-refractivity contribution in [2.45, 2.75) is 13.2 Å². The molecule has 0 radical (unpaired) electrons. The molecule has 4 nitrogen and oxygen atoms in total. The van der Waals surface area contributed by atoms with Crippen molar-refractivity contribution in [1.29, 1.82) is 0 Å². The van der Waals surface area contributed by atoms with E-state index in [0.717, 1.165) is 30.2 Å². The summed E-state index contributed by atoms with van der Waals surface area (Å²) in [6.07, 6.45) is 4.19. The van der Waals surface area contributed by atoms with E-state index < -0.39 is 0 Å². The normalized spacial score (nSPS) is 17.0. The van der Waals surface area contributed by atoms with Crippen LogP contribution in [0.15, 0.2) is 67.0 Å². The SMILES string of the molecule is COc1ccc(N2CCO[C@H]2c2ccn(-c3cccc(C)c3)c2)cc1. The van der Waals surface area contributed by atoms with Crippen molar-refractivity contribution < 1.29 is 9.47 Å². The Bertz CT molecular complexity index is 854. The van der Waals surface area contributed by atoms with E-state index in [1.165, 1.54) is 11.3 Å². The van der Waals surface area contributed by atoms with Crippen LogP contribution in [0.5, 0.6) is 5.75 Å². The van der Waals surface area contributed by atoms with Crippen LogP contribution in [0.2, 0.25) is 0 Å². The average Bonchev–Trinajstić information content (AvgIpc) is 3.31. The monoisotopic (exact) mass is 334 g/mol. The lowest BCUT2D eigenvalue weighted by Gasteiger charge is -2.24. The van der Waals surface area contributed by atoms with E-state index in [0.29, 0.717) is 0 Å². The number of rotatable bonds is 4. The standard InChI is InChI=1S/C21H22N2O2/c1-16-4-3-5-19(14-16)22-11-10-17(15-22)21-23(12-13-25-21)18-6-8-20(24-2)9-7-18/h3-11,14-15,21H,12-13H2,1-2H3/t21-/m0/s1. The number of ether oxygens (including phenoxy) is 2. The van der Waals surface area contributed by atoms with Gasteiger partial charge in [-0.2, -0.15) is 0 Å². The second kappa shape index (κ2) is 6.65. The number of aryl methyl sites for hydroxylation is 1. The van der Waals surface area contributed by atoms with Gasteiger partial charge in [-0.3, -0.25) is 0 Å². The van der Waals surface area contributed by atoms with Crippen molar-refractivity contribution in [2.24, 2.45) is 0 Å². The zero-order chi connectivity index (χ0) is 17.2. The molecule has 1 fully saturated rings. The highest BCUT2D eigenvalue weighted by Crippen LogP contribution is 2.33. The molecule has 1 aliphatic rings. The van der Waals surface area contributed by atoms with Crippen molar-refractivity contribution in [1.82, 2.24) is 4.57 Å². The van der Waals surface area contributed by atoms with Gasteiger partial charge < -0.3 is 18.9 Å². The van der Waals surface area contributed by atoms with Gasteiger partial charge in [0.15, 0.2) is 6.23 Å². The van der Waals surface area contributed by atoms with Gasteiger partial charge in [-0.15, -0.1) is 0 Å². The Morgan fingerprint density at radius 2 is 1.88 bits per heavy atom. The molecule has 0 amide bonds. The van der Waals surface area contributed by atoms with Gasteiger partial charge in [-0.05, 0) is 55.0 Å². The Morgan fingerprint density at radius 3 is 2.64 bits per heavy atom. The number of methoxy groups -OCH3 is 1. The molecular weight excluding hydrogens is 312 g/mol. The minimum absolute atomic E-state index is 0.0561. The van der Waals surface area contributed by atoms with Crippen LogP contribution < -0.4 is 9.64 Å². The molecule has 1 aromatic heterocycles. The summed E-state index contributed by atoms with van der Waals surface area (Å²) in [6.45, 7) is 3.72. The van der Waals surface area contributed by atoms with E-state index >= 15 is 0 Å². The molecular formula is C21H22N2O2. The van der Waals surface area contributed by atoms with Crippen LogP contribution in [-0.4, -0.2) is 24.8 Å². The third-order valence-corrected chi connectivity index (χ3v) is 4.60. The fourth-order valence-corrected chi connectivity index (χ4v) is 3.29. The number of anilines is 1. The molecule has 0 saturated carbocycles. The first-order valence-corrected chi connectivity index (χ1v) is 8.52. The smallest absolute Gasteiger partial charge is 0.158 e. The summed E-state index contributed by atoms with van der Waals surface area (Å²) in [5, 5.41) is 0. The van der Waals surface area contributed by atoms with E-state index in [-0.39, 0.29) is 6.23 Å². The van der Waals surface area contributed by atoms with Crippen LogP contribution in [0, 0.1) is 6.92 Å². The molecule has 2 aromatic carbocycles. The van der Waals surface area contributed by atoms with Gasteiger partial charge >= 0.3 is 0 Å². The lowest BCUT2D eigenvalue weighted by Crippen LogP contribution is -2.22. The van der Waals surface area contributed by atoms with Crippen LogP contribution in [0.3, 0.4) is 0 Å². The van der Waals surface area contributed by atoms with Gasteiger partial charge in [-0.25, -0.2) is 0 Å². The first kappa shape index (κ1) is 15.8. The molecule has 0 unspecified atom stereocenters. The lowest BCUT2D eigenvalue weighted by atomic mass is 10.2. The predicted octanol–water partition coefficient (Wildman–Crippen LogP) is 4.33. The molecule has 1 atom stereocenters. The van der Waals surface area contributed by atoms with Crippen molar-refractivity contribution in [2.75, 3.05) is 25.2 Å². The Hall–Kier alpha value is -2.72. The molecule has 0 spiro atoms. The lowest BCUT2D eigenvalue weighted by molar-refractivity contribution is 0.114. The molecule has 0 bridgehead atoms. The third kappa shape index (κ3) is 3.13. The fourth-order valence-electron chi connectivity index (χ4n) is 3.29. The Morgan fingerprint density at radius 1 is 1.04 bits per heavy atom. The summed E-state index contributed by atoms with van der Waals surface area (Å²) in [5.74, 6) is 0.867. The maximum atomic E-state index is 6.02. The second-order valence-corrected chi connectivity index (χ2v) is 6.31. The third-order valence-electron chi connectivity index (χ3n) is 4.60. The molecule has 1 aliphatic heterocycles. The molecule has 1 saturated heterocycles. The van der Waals surface area contributed by atoms with Crippen molar-refractivity contribution >= 4 is 5.69 Å². The summed E-state index contributed by atoms with van der Waals surface area (Å²) < 4.78 is 13.4. The van der Waals surface area contributed by atoms with E-state index in [4.69, 9.17) is 9.47 Å². The number of nitrogens with zero attached hydrogens (tertiary/aromatic N) is 2. The van der Waals surface area contributed by atoms with E-state index in [9.17, 15) is 0 Å². The molecule has 0 N–H and O–H groups in total. The molecule has 128 valence electrons. The minimum Gasteiger partial charge on any atom is -0.497 e. The van der Waals surface area contributed by atoms with Crippen LogP contribution in [0.25, 0.3) is 5.69 Å². The van der Waals surface area contributed by atoms with E-state index in [1.807, 2.05) is 12.1 Å². The van der Waals surface area contributed by atoms with E-state index in [1.54, 1.807) is 7.11 Å². The average molecular weight is 334 g/mol. The first-order chi connectivity index (χ1) is 12.2. The first-order valence-electron chi connectivity index (χ1n) is 8.52. The number of aromatic nitrogens is 1. The summed E-state index contributed by atoms with van der Waals surface area (Å²) in [6, 6.07) is 18.8. The van der Waals surface area contributed by atoms with Crippen molar-refractivity contribution in [3.8, 4) is 11.4 Å². The highest BCUT2D eigenvalue weighted by atomic mass is 16.5. The topological polar surface area (TPSA) is 26.6 Å². The van der Waals surface area contributed by atoms with Gasteiger partial charge in [0.2, 0.25) is 0 Å². The summed E-state index contributed by atoms with van der Waals surface area (Å²) in [7, 11) is 1.69. The zero-order valence-corrected chi connectivity index (χ0v) is 14.6. The zero-order valence-electron chi connectivity index (χ0n) is 14.6. The van der Waals surface area contributed by atoms with Gasteiger partial charge in [0, 0.05) is 35.9 Å². The number of hydrogen-bond donors (Lipinski definition) is 0. The Labute approximate surface area is 148 Å². The van der Waals surface area contributed by atoms with Crippen LogP contribution in [-0.2, 0) is 4.74 Å². The molecule has 2 heterocycles. The predicted molar refractivity (Wildman–Crippen MR) is 99.5 cm³/mol. The molecule has 4 rings (SSSR count). The van der Waals surface area contributed by atoms with Crippen molar-refractivity contribution in [3.63, 3.8) is 0 Å². The highest BCUT2D eigenvalue weighted by Gasteiger charge is 2.28. The van der Waals surface area contributed by atoms with Gasteiger partial charge in [0.25, 0.3) is 0 Å². The quantitative estimate of drug-likeness (QED) is 0.710. The number of hydrogen-bond acceptors (Lipinski definition) is 3. The highest BCUT2D eigenvalue weighted by molar-refractivity contribution is 5.51. The molecule has 4 heteroatoms.